The Balaban J connectivity index is 1.54. The second-order valence-corrected chi connectivity index (χ2v) is 9.05. The number of carboxylic acids is 1. The number of hydrogen-bond donors (Lipinski definition) is 4. The average molecular weight is 495 g/mol. The highest BCUT2D eigenvalue weighted by atomic mass is 16.4. The number of para-hydroxylation sites is 1. The first-order valence-corrected chi connectivity index (χ1v) is 12.3. The Morgan fingerprint density at radius 2 is 1.78 bits per heavy atom. The third-order valence-electron chi connectivity index (χ3n) is 6.30. The van der Waals surface area contributed by atoms with E-state index in [-0.39, 0.29) is 18.4 Å². The molecule has 1 fully saturated rings. The fourth-order valence-electron chi connectivity index (χ4n) is 4.25. The van der Waals surface area contributed by atoms with E-state index in [0.717, 1.165) is 23.2 Å². The van der Waals surface area contributed by atoms with Crippen LogP contribution in [0.15, 0.2) is 48.5 Å². The van der Waals surface area contributed by atoms with Gasteiger partial charge in [0.2, 0.25) is 11.8 Å². The van der Waals surface area contributed by atoms with Crippen molar-refractivity contribution >= 4 is 35.2 Å². The van der Waals surface area contributed by atoms with Gasteiger partial charge in [0.1, 0.15) is 12.1 Å². The summed E-state index contributed by atoms with van der Waals surface area (Å²) in [7, 11) is 0. The minimum Gasteiger partial charge on any atom is -0.480 e. The molecule has 4 N–H and O–H groups in total. The molecule has 2 unspecified atom stereocenters. The molecule has 0 aliphatic carbocycles. The van der Waals surface area contributed by atoms with Crippen LogP contribution in [0, 0.1) is 6.92 Å². The molecule has 0 radical (unpaired) electrons. The van der Waals surface area contributed by atoms with Crippen LogP contribution in [0.1, 0.15) is 50.2 Å². The Kier molecular flexibility index (Phi) is 9.44. The van der Waals surface area contributed by atoms with E-state index < -0.39 is 24.0 Å². The number of aryl methyl sites for hydroxylation is 1. The van der Waals surface area contributed by atoms with Crippen LogP contribution in [-0.4, -0.2) is 52.4 Å². The number of amides is 4. The summed E-state index contributed by atoms with van der Waals surface area (Å²) in [5.74, 6) is -1.66. The summed E-state index contributed by atoms with van der Waals surface area (Å²) in [6.45, 7) is 4.33. The van der Waals surface area contributed by atoms with E-state index in [9.17, 15) is 24.3 Å². The van der Waals surface area contributed by atoms with Gasteiger partial charge in [-0.15, -0.1) is 0 Å². The van der Waals surface area contributed by atoms with E-state index in [0.29, 0.717) is 37.9 Å². The van der Waals surface area contributed by atoms with Crippen molar-refractivity contribution in [1.82, 2.24) is 10.2 Å². The molecule has 1 heterocycles. The summed E-state index contributed by atoms with van der Waals surface area (Å²) < 4.78 is 0. The summed E-state index contributed by atoms with van der Waals surface area (Å²) in [5.41, 5.74) is 3.01. The largest absolute Gasteiger partial charge is 0.480 e. The number of carbonyl (C=O) groups is 4. The molecule has 2 atom stereocenters. The summed E-state index contributed by atoms with van der Waals surface area (Å²) >= 11 is 0. The van der Waals surface area contributed by atoms with Gasteiger partial charge in [0, 0.05) is 17.9 Å². The third kappa shape index (κ3) is 7.31. The van der Waals surface area contributed by atoms with Crippen molar-refractivity contribution in [2.45, 2.75) is 64.5 Å². The van der Waals surface area contributed by atoms with Gasteiger partial charge in [0.05, 0.1) is 6.42 Å². The lowest BCUT2D eigenvalue weighted by atomic mass is 10.1. The number of likely N-dealkylation sites (tertiary alicyclic amines) is 1. The van der Waals surface area contributed by atoms with Gasteiger partial charge >= 0.3 is 12.0 Å². The van der Waals surface area contributed by atoms with Crippen molar-refractivity contribution in [2.75, 3.05) is 17.2 Å². The molecule has 0 aromatic heterocycles. The minimum absolute atomic E-state index is 0.109. The van der Waals surface area contributed by atoms with E-state index in [1.807, 2.05) is 38.1 Å². The number of hydrogen-bond acceptors (Lipinski definition) is 4. The topological polar surface area (TPSA) is 128 Å². The van der Waals surface area contributed by atoms with Crippen LogP contribution < -0.4 is 16.0 Å². The molecule has 1 saturated heterocycles. The summed E-state index contributed by atoms with van der Waals surface area (Å²) in [5, 5.41) is 17.6. The number of urea groups is 1. The molecule has 9 nitrogen and oxygen atoms in total. The van der Waals surface area contributed by atoms with Gasteiger partial charge in [-0.05, 0) is 55.5 Å². The fraction of sp³-hybridized carbons (Fsp3) is 0.407. The van der Waals surface area contributed by atoms with E-state index in [1.54, 1.807) is 24.3 Å². The molecular formula is C27H34N4O5. The van der Waals surface area contributed by atoms with Crippen molar-refractivity contribution < 1.29 is 24.3 Å². The standard InChI is InChI=1S/C27H34N4O5/c1-3-4-9-22(26(34)35)29-25(33)23-11-7-16-31(23)24(32)17-19-12-14-20(15-13-19)28-27(36)30-21-10-6-5-8-18(21)2/h5-6,8,10,12-15,22-23H,3-4,7,9,11,16-17H2,1-2H3,(H,29,33)(H,34,35)(H2,28,30,36). The van der Waals surface area contributed by atoms with E-state index >= 15 is 0 Å². The van der Waals surface area contributed by atoms with Gasteiger partial charge in [-0.25, -0.2) is 9.59 Å². The maximum absolute atomic E-state index is 13.0. The Morgan fingerprint density at radius 3 is 2.44 bits per heavy atom. The van der Waals surface area contributed by atoms with Crippen LogP contribution in [0.2, 0.25) is 0 Å². The molecule has 192 valence electrons. The Hall–Kier alpha value is -3.88. The van der Waals surface area contributed by atoms with Gasteiger partial charge in [-0.2, -0.15) is 0 Å². The zero-order valence-corrected chi connectivity index (χ0v) is 20.8. The van der Waals surface area contributed by atoms with Crippen LogP contribution in [0.3, 0.4) is 0 Å². The SMILES string of the molecule is CCCCC(NC(=O)C1CCCN1C(=O)Cc1ccc(NC(=O)Nc2ccccc2C)cc1)C(=O)O. The Morgan fingerprint density at radius 1 is 1.06 bits per heavy atom. The molecule has 3 rings (SSSR count). The van der Waals surface area contributed by atoms with Crippen LogP contribution >= 0.6 is 0 Å². The number of carboxylic acid groups (broad SMARTS) is 1. The average Bonchev–Trinajstić information content (AvgIpc) is 3.34. The molecule has 9 heteroatoms. The van der Waals surface area contributed by atoms with Gasteiger partial charge in [0.15, 0.2) is 0 Å². The maximum atomic E-state index is 13.0. The predicted molar refractivity (Wildman–Crippen MR) is 138 cm³/mol. The molecule has 0 spiro atoms. The zero-order valence-electron chi connectivity index (χ0n) is 20.8. The highest BCUT2D eigenvalue weighted by molar-refractivity contribution is 6.00. The monoisotopic (exact) mass is 494 g/mol. The third-order valence-corrected chi connectivity index (χ3v) is 6.30. The molecule has 1 aliphatic rings. The number of nitrogens with one attached hydrogen (secondary N) is 3. The quantitative estimate of drug-likeness (QED) is 0.398. The summed E-state index contributed by atoms with van der Waals surface area (Å²) in [4.78, 5) is 51.1. The van der Waals surface area contributed by atoms with E-state index in [1.165, 1.54) is 4.90 Å². The molecule has 0 bridgehead atoms. The zero-order chi connectivity index (χ0) is 26.1. The molecule has 1 aliphatic heterocycles. The first-order valence-electron chi connectivity index (χ1n) is 12.3. The maximum Gasteiger partial charge on any atom is 0.326 e. The second-order valence-electron chi connectivity index (χ2n) is 9.05. The number of unbranched alkanes of at least 4 members (excludes halogenated alkanes) is 1. The number of anilines is 2. The van der Waals surface area contributed by atoms with E-state index in [2.05, 4.69) is 16.0 Å². The van der Waals surface area contributed by atoms with Crippen molar-refractivity contribution in [3.63, 3.8) is 0 Å². The predicted octanol–water partition coefficient (Wildman–Crippen LogP) is 3.93. The highest BCUT2D eigenvalue weighted by Gasteiger charge is 2.35. The lowest BCUT2D eigenvalue weighted by Gasteiger charge is -2.25. The lowest BCUT2D eigenvalue weighted by molar-refractivity contribution is -0.144. The first-order chi connectivity index (χ1) is 17.3. The smallest absolute Gasteiger partial charge is 0.326 e. The Bertz CT molecular complexity index is 1090. The van der Waals surface area contributed by atoms with Crippen LogP contribution in [-0.2, 0) is 20.8 Å². The molecule has 2 aromatic rings. The summed E-state index contributed by atoms with van der Waals surface area (Å²) in [6.07, 6.45) is 3.20. The first kappa shape index (κ1) is 26.7. The second kappa shape index (κ2) is 12.7. The Labute approximate surface area is 211 Å². The van der Waals surface area contributed by atoms with Crippen molar-refractivity contribution in [3.8, 4) is 0 Å². The van der Waals surface area contributed by atoms with Crippen molar-refractivity contribution in [3.05, 3.63) is 59.7 Å². The molecular weight excluding hydrogens is 460 g/mol. The van der Waals surface area contributed by atoms with Crippen LogP contribution in [0.25, 0.3) is 0 Å². The summed E-state index contributed by atoms with van der Waals surface area (Å²) in [6, 6.07) is 12.5. The molecule has 2 aromatic carbocycles. The molecule has 36 heavy (non-hydrogen) atoms. The van der Waals surface area contributed by atoms with Crippen molar-refractivity contribution in [2.24, 2.45) is 0 Å². The fourth-order valence-corrected chi connectivity index (χ4v) is 4.25. The lowest BCUT2D eigenvalue weighted by Crippen LogP contribution is -2.51. The van der Waals surface area contributed by atoms with Crippen LogP contribution in [0.4, 0.5) is 16.2 Å². The highest BCUT2D eigenvalue weighted by Crippen LogP contribution is 2.20. The van der Waals surface area contributed by atoms with Gasteiger partial charge < -0.3 is 26.0 Å². The number of rotatable bonds is 10. The van der Waals surface area contributed by atoms with Gasteiger partial charge in [0.25, 0.3) is 0 Å². The number of nitrogens with zero attached hydrogens (tertiary/aromatic N) is 1. The minimum atomic E-state index is -1.06. The number of benzene rings is 2. The molecule has 0 saturated carbocycles. The number of aliphatic carboxylic acids is 1. The van der Waals surface area contributed by atoms with Gasteiger partial charge in [-0.3, -0.25) is 9.59 Å². The van der Waals surface area contributed by atoms with E-state index in [4.69, 9.17) is 0 Å². The number of carbonyl (C=O) groups excluding carboxylic acids is 3. The normalized spacial score (nSPS) is 15.7. The van der Waals surface area contributed by atoms with Crippen molar-refractivity contribution in [1.29, 1.82) is 0 Å². The van der Waals surface area contributed by atoms with Crippen LogP contribution in [0.5, 0.6) is 0 Å². The molecule has 4 amide bonds. The van der Waals surface area contributed by atoms with Gasteiger partial charge in [-0.1, -0.05) is 50.1 Å².